The van der Waals surface area contributed by atoms with Gasteiger partial charge in [0.2, 0.25) is 11.8 Å². The van der Waals surface area contributed by atoms with Crippen LogP contribution in [0.1, 0.15) is 12.8 Å². The van der Waals surface area contributed by atoms with E-state index < -0.39 is 42.4 Å². The molecule has 12 nitrogen and oxygen atoms in total. The normalized spacial score (nSPS) is 11.0. The molecule has 2 amide bonds. The van der Waals surface area contributed by atoms with E-state index >= 15 is 0 Å². The second-order valence-electron chi connectivity index (χ2n) is 5.53. The molecule has 0 radical (unpaired) electrons. The number of aliphatic hydroxyl groups excluding tert-OH is 2. The minimum atomic E-state index is -1.38. The van der Waals surface area contributed by atoms with E-state index in [0.29, 0.717) is 0 Å². The monoisotopic (exact) mass is 378 g/mol. The summed E-state index contributed by atoms with van der Waals surface area (Å²) in [5.74, 6) is -3.49. The lowest BCUT2D eigenvalue weighted by Gasteiger charge is -2.34. The number of rotatable bonds is 15. The second kappa shape index (κ2) is 13.0. The van der Waals surface area contributed by atoms with Gasteiger partial charge in [-0.1, -0.05) is 0 Å². The van der Waals surface area contributed by atoms with Gasteiger partial charge in [-0.05, 0) is 0 Å². The van der Waals surface area contributed by atoms with Crippen molar-refractivity contribution in [3.63, 3.8) is 0 Å². The summed E-state index contributed by atoms with van der Waals surface area (Å²) >= 11 is 0. The lowest BCUT2D eigenvalue weighted by Crippen LogP contribution is -2.58. The molecule has 0 spiro atoms. The van der Waals surface area contributed by atoms with Gasteiger partial charge in [0.1, 0.15) is 0 Å². The number of carboxylic acid groups (broad SMARTS) is 2. The van der Waals surface area contributed by atoms with Crippen LogP contribution in [0.3, 0.4) is 0 Å². The summed E-state index contributed by atoms with van der Waals surface area (Å²) in [7, 11) is 0. The Labute approximate surface area is 150 Å². The van der Waals surface area contributed by atoms with E-state index in [-0.39, 0.29) is 45.7 Å². The lowest BCUT2D eigenvalue weighted by atomic mass is 9.89. The molecule has 0 saturated carbocycles. The summed E-state index contributed by atoms with van der Waals surface area (Å²) in [5, 5.41) is 45.1. The molecule has 0 saturated heterocycles. The molecule has 0 aromatic carbocycles. The van der Waals surface area contributed by atoms with Crippen molar-refractivity contribution in [3.8, 4) is 0 Å². The molecule has 0 heterocycles. The Morgan fingerprint density at radius 3 is 1.62 bits per heavy atom. The van der Waals surface area contributed by atoms with E-state index in [1.165, 1.54) is 0 Å². The van der Waals surface area contributed by atoms with Crippen LogP contribution in [0.15, 0.2) is 0 Å². The minimum Gasteiger partial charge on any atom is -0.480 e. The molecule has 8 N–H and O–H groups in total. The van der Waals surface area contributed by atoms with Crippen molar-refractivity contribution in [3.05, 3.63) is 0 Å². The summed E-state index contributed by atoms with van der Waals surface area (Å²) < 4.78 is 0. The molecule has 150 valence electrons. The third-order valence-electron chi connectivity index (χ3n) is 3.22. The minimum absolute atomic E-state index is 0.0207. The quantitative estimate of drug-likeness (QED) is 0.139. The molecule has 0 aromatic heterocycles. The molecule has 0 aliphatic rings. The number of amides is 2. The molecule has 0 aliphatic carbocycles. The SMILES string of the molecule is O=C(O)CNCC(CC(=O)NCCO)(CC(=O)NCCO)NCC(=O)O. The first-order valence-electron chi connectivity index (χ1n) is 7.89. The van der Waals surface area contributed by atoms with Crippen LogP contribution in [0.5, 0.6) is 0 Å². The average molecular weight is 378 g/mol. The van der Waals surface area contributed by atoms with E-state index in [4.69, 9.17) is 20.4 Å². The van der Waals surface area contributed by atoms with Crippen LogP contribution in [0.4, 0.5) is 0 Å². The molecule has 12 heteroatoms. The Morgan fingerprint density at radius 1 is 0.769 bits per heavy atom. The predicted molar refractivity (Wildman–Crippen MR) is 88.3 cm³/mol. The standard InChI is InChI=1S/C14H26N4O8/c19-3-1-16-10(21)5-14(18-8-13(25)26,9-15-7-12(23)24)6-11(22)17-2-4-20/h15,18-20H,1-9H2,(H,16,21)(H,17,22)(H,23,24)(H,25,26). The summed E-state index contributed by atoms with van der Waals surface area (Å²) in [5.41, 5.74) is -1.38. The molecular weight excluding hydrogens is 352 g/mol. The maximum absolute atomic E-state index is 12.0. The highest BCUT2D eigenvalue weighted by Crippen LogP contribution is 2.15. The first-order valence-corrected chi connectivity index (χ1v) is 7.89. The van der Waals surface area contributed by atoms with Crippen molar-refractivity contribution in [1.82, 2.24) is 21.3 Å². The maximum atomic E-state index is 12.0. The largest absolute Gasteiger partial charge is 0.480 e. The smallest absolute Gasteiger partial charge is 0.317 e. The van der Waals surface area contributed by atoms with Gasteiger partial charge >= 0.3 is 11.9 Å². The molecular formula is C14H26N4O8. The molecule has 0 atom stereocenters. The maximum Gasteiger partial charge on any atom is 0.317 e. The molecule has 0 aliphatic heterocycles. The van der Waals surface area contributed by atoms with Crippen LogP contribution in [-0.4, -0.2) is 95.7 Å². The van der Waals surface area contributed by atoms with E-state index in [0.717, 1.165) is 0 Å². The molecule has 0 bridgehead atoms. The fraction of sp³-hybridized carbons (Fsp3) is 0.714. The van der Waals surface area contributed by atoms with Crippen LogP contribution >= 0.6 is 0 Å². The van der Waals surface area contributed by atoms with Gasteiger partial charge in [-0.25, -0.2) is 0 Å². The van der Waals surface area contributed by atoms with Gasteiger partial charge in [0.25, 0.3) is 0 Å². The summed E-state index contributed by atoms with van der Waals surface area (Å²) in [6, 6.07) is 0. The first-order chi connectivity index (χ1) is 12.2. The van der Waals surface area contributed by atoms with E-state index in [9.17, 15) is 19.2 Å². The van der Waals surface area contributed by atoms with Gasteiger partial charge < -0.3 is 36.4 Å². The highest BCUT2D eigenvalue weighted by Gasteiger charge is 2.35. The number of aliphatic hydroxyl groups is 2. The van der Waals surface area contributed by atoms with Crippen molar-refractivity contribution in [1.29, 1.82) is 0 Å². The third kappa shape index (κ3) is 11.3. The Hall–Kier alpha value is -2.28. The van der Waals surface area contributed by atoms with Crippen molar-refractivity contribution in [2.45, 2.75) is 18.4 Å². The van der Waals surface area contributed by atoms with Crippen LogP contribution in [0.25, 0.3) is 0 Å². The fourth-order valence-corrected chi connectivity index (χ4v) is 2.18. The molecule has 0 aromatic rings. The Kier molecular flexibility index (Phi) is 11.9. The highest BCUT2D eigenvalue weighted by molar-refractivity contribution is 5.82. The van der Waals surface area contributed by atoms with Crippen LogP contribution in [-0.2, 0) is 19.2 Å². The average Bonchev–Trinajstić information content (AvgIpc) is 2.56. The van der Waals surface area contributed by atoms with Gasteiger partial charge in [-0.2, -0.15) is 0 Å². The van der Waals surface area contributed by atoms with Crippen LogP contribution in [0.2, 0.25) is 0 Å². The van der Waals surface area contributed by atoms with E-state index in [1.54, 1.807) is 0 Å². The number of nitrogens with one attached hydrogen (secondary N) is 4. The van der Waals surface area contributed by atoms with Gasteiger partial charge in [0.15, 0.2) is 0 Å². The molecule has 26 heavy (non-hydrogen) atoms. The van der Waals surface area contributed by atoms with Crippen molar-refractivity contribution >= 4 is 23.8 Å². The van der Waals surface area contributed by atoms with Gasteiger partial charge in [-0.15, -0.1) is 0 Å². The number of hydrogen-bond acceptors (Lipinski definition) is 8. The van der Waals surface area contributed by atoms with Crippen LogP contribution < -0.4 is 21.3 Å². The lowest BCUT2D eigenvalue weighted by molar-refractivity contribution is -0.138. The number of carbonyl (C=O) groups excluding carboxylic acids is 2. The number of carbonyl (C=O) groups is 4. The number of hydrogen-bond donors (Lipinski definition) is 8. The third-order valence-corrected chi connectivity index (χ3v) is 3.22. The zero-order valence-electron chi connectivity index (χ0n) is 14.3. The Bertz CT molecular complexity index is 464. The van der Waals surface area contributed by atoms with Crippen molar-refractivity contribution < 1.29 is 39.6 Å². The molecule has 0 fully saturated rings. The Morgan fingerprint density at radius 2 is 1.23 bits per heavy atom. The van der Waals surface area contributed by atoms with E-state index in [1.807, 2.05) is 0 Å². The topological polar surface area (TPSA) is 197 Å². The van der Waals surface area contributed by atoms with Gasteiger partial charge in [-0.3, -0.25) is 24.5 Å². The number of aliphatic carboxylic acids is 2. The zero-order valence-corrected chi connectivity index (χ0v) is 14.3. The highest BCUT2D eigenvalue weighted by atomic mass is 16.4. The molecule has 0 unspecified atom stereocenters. The van der Waals surface area contributed by atoms with E-state index in [2.05, 4.69) is 21.3 Å². The summed E-state index contributed by atoms with van der Waals surface area (Å²) in [4.78, 5) is 45.6. The summed E-state index contributed by atoms with van der Waals surface area (Å²) in [6.45, 7) is -1.82. The predicted octanol–water partition coefficient (Wildman–Crippen LogP) is -3.93. The molecule has 0 rings (SSSR count). The van der Waals surface area contributed by atoms with Crippen LogP contribution in [0, 0.1) is 0 Å². The van der Waals surface area contributed by atoms with Gasteiger partial charge in [0, 0.05) is 38.0 Å². The van der Waals surface area contributed by atoms with Gasteiger partial charge in [0.05, 0.1) is 26.3 Å². The number of carboxylic acids is 2. The van der Waals surface area contributed by atoms with Crippen molar-refractivity contribution in [2.75, 3.05) is 45.9 Å². The Balaban J connectivity index is 5.27. The first kappa shape index (κ1) is 23.7. The fourth-order valence-electron chi connectivity index (χ4n) is 2.18. The zero-order chi connectivity index (χ0) is 20.0. The van der Waals surface area contributed by atoms with Crippen molar-refractivity contribution in [2.24, 2.45) is 0 Å². The second-order valence-corrected chi connectivity index (χ2v) is 5.53. The summed E-state index contributed by atoms with van der Waals surface area (Å²) in [6.07, 6.45) is -0.668.